The summed E-state index contributed by atoms with van der Waals surface area (Å²) in [6, 6.07) is 0.393. The quantitative estimate of drug-likeness (QED) is 0.345. The van der Waals surface area contributed by atoms with E-state index in [2.05, 4.69) is 17.2 Å². The van der Waals surface area contributed by atoms with Gasteiger partial charge in [-0.1, -0.05) is 6.58 Å². The van der Waals surface area contributed by atoms with Crippen LogP contribution in [-0.4, -0.2) is 32.1 Å². The Balaban J connectivity index is 2.40. The van der Waals surface area contributed by atoms with Crippen molar-refractivity contribution in [3.8, 4) is 0 Å². The minimum atomic E-state index is -0.186. The fraction of sp³-hybridized carbons (Fsp3) is 0.545. The van der Waals surface area contributed by atoms with Crippen molar-refractivity contribution in [3.63, 3.8) is 0 Å². The zero-order valence-corrected chi connectivity index (χ0v) is 11.5. The number of hydrogen-bond donors (Lipinski definition) is 2. The molecule has 0 aliphatic carbocycles. The van der Waals surface area contributed by atoms with E-state index < -0.39 is 0 Å². The highest BCUT2D eigenvalue weighted by molar-refractivity contribution is 14.1. The summed E-state index contributed by atoms with van der Waals surface area (Å²) in [5, 5.41) is 6.16. The van der Waals surface area contributed by atoms with E-state index in [0.717, 1.165) is 16.5 Å². The maximum absolute atomic E-state index is 11.7. The van der Waals surface area contributed by atoms with Crippen molar-refractivity contribution in [2.75, 3.05) is 20.2 Å². The third-order valence-corrected chi connectivity index (χ3v) is 2.71. The van der Waals surface area contributed by atoms with Crippen LogP contribution >= 0.6 is 22.6 Å². The summed E-state index contributed by atoms with van der Waals surface area (Å²) in [5.74, 6) is 0.117. The van der Waals surface area contributed by atoms with Crippen molar-refractivity contribution in [1.29, 1.82) is 0 Å². The molecule has 0 saturated carbocycles. The molecule has 1 aliphatic rings. The molecule has 0 radical (unpaired) electrons. The number of ether oxygens (including phenoxy) is 1. The Hall–Kier alpha value is -0.560. The molecule has 2 N–H and O–H groups in total. The van der Waals surface area contributed by atoms with Crippen LogP contribution in [0, 0.1) is 0 Å². The maximum atomic E-state index is 11.7. The Morgan fingerprint density at radius 3 is 3.00 bits per heavy atom. The first-order valence-electron chi connectivity index (χ1n) is 5.25. The van der Waals surface area contributed by atoms with Gasteiger partial charge in [0.15, 0.2) is 5.76 Å². The average molecular weight is 336 g/mol. The lowest BCUT2D eigenvalue weighted by molar-refractivity contribution is -0.120. The molecule has 1 heterocycles. The topological polar surface area (TPSA) is 50.4 Å². The summed E-state index contributed by atoms with van der Waals surface area (Å²) in [6.07, 6.45) is 3.92. The molecule has 0 spiro atoms. The van der Waals surface area contributed by atoms with E-state index >= 15 is 0 Å². The lowest BCUT2D eigenvalue weighted by Gasteiger charge is -2.12. The fourth-order valence-corrected chi connectivity index (χ4v) is 1.88. The summed E-state index contributed by atoms with van der Waals surface area (Å²) in [6.45, 7) is 5.39. The van der Waals surface area contributed by atoms with Crippen molar-refractivity contribution in [2.45, 2.75) is 18.9 Å². The summed E-state index contributed by atoms with van der Waals surface area (Å²) in [4.78, 5) is 11.7. The van der Waals surface area contributed by atoms with Gasteiger partial charge in [-0.3, -0.25) is 4.79 Å². The molecule has 1 rings (SSSR count). The second-order valence-electron chi connectivity index (χ2n) is 3.66. The first-order valence-corrected chi connectivity index (χ1v) is 6.33. The molecule has 1 aliphatic heterocycles. The number of carbonyl (C=O) groups excluding carboxylic acids is 1. The number of carbonyl (C=O) groups is 1. The predicted octanol–water partition coefficient (Wildman–Crippen LogP) is 1.33. The van der Waals surface area contributed by atoms with Crippen molar-refractivity contribution in [3.05, 3.63) is 22.0 Å². The largest absolute Gasteiger partial charge is 0.491 e. The van der Waals surface area contributed by atoms with Crippen molar-refractivity contribution in [1.82, 2.24) is 10.6 Å². The third-order valence-electron chi connectivity index (χ3n) is 2.40. The van der Waals surface area contributed by atoms with Gasteiger partial charge in [0.05, 0.1) is 7.11 Å². The van der Waals surface area contributed by atoms with Gasteiger partial charge in [0.25, 0.3) is 5.91 Å². The van der Waals surface area contributed by atoms with Gasteiger partial charge in [0, 0.05) is 16.2 Å². The van der Waals surface area contributed by atoms with Crippen molar-refractivity contribution >= 4 is 28.5 Å². The smallest absolute Gasteiger partial charge is 0.286 e. The van der Waals surface area contributed by atoms with Crippen LogP contribution < -0.4 is 10.6 Å². The zero-order valence-electron chi connectivity index (χ0n) is 9.38. The van der Waals surface area contributed by atoms with Crippen LogP contribution in [0.5, 0.6) is 0 Å². The lowest BCUT2D eigenvalue weighted by atomic mass is 10.2. The number of allylic oxidation sites excluding steroid dienone is 2. The molecule has 0 aromatic heterocycles. The van der Waals surface area contributed by atoms with Crippen molar-refractivity contribution < 1.29 is 9.53 Å². The van der Waals surface area contributed by atoms with Crippen LogP contribution in [0.25, 0.3) is 0 Å². The van der Waals surface area contributed by atoms with E-state index in [1.165, 1.54) is 13.5 Å². The second-order valence-corrected chi connectivity index (χ2v) is 5.05. The molecule has 5 heteroatoms. The van der Waals surface area contributed by atoms with E-state index in [1.54, 1.807) is 6.08 Å². The second kappa shape index (κ2) is 6.90. The predicted molar refractivity (Wildman–Crippen MR) is 72.3 cm³/mol. The monoisotopic (exact) mass is 336 g/mol. The molecule has 1 atom stereocenters. The average Bonchev–Trinajstić information content (AvgIpc) is 2.75. The molecular formula is C11H17IN2O2. The molecule has 0 aromatic carbocycles. The zero-order chi connectivity index (χ0) is 12.0. The van der Waals surface area contributed by atoms with E-state index in [4.69, 9.17) is 4.74 Å². The normalized spacial score (nSPS) is 20.6. The first-order chi connectivity index (χ1) is 7.63. The number of amides is 1. The Morgan fingerprint density at radius 1 is 1.75 bits per heavy atom. The van der Waals surface area contributed by atoms with E-state index in [9.17, 15) is 4.79 Å². The Bertz CT molecular complexity index is 296. The highest BCUT2D eigenvalue weighted by Gasteiger charge is 2.16. The summed E-state index contributed by atoms with van der Waals surface area (Å²) in [7, 11) is 1.48. The van der Waals surface area contributed by atoms with Gasteiger partial charge in [-0.05, 0) is 48.1 Å². The fourth-order valence-electron chi connectivity index (χ4n) is 1.59. The third kappa shape index (κ3) is 4.52. The summed E-state index contributed by atoms with van der Waals surface area (Å²) in [5.41, 5.74) is 0. The Kier molecular flexibility index (Phi) is 5.83. The van der Waals surface area contributed by atoms with Crippen LogP contribution in [0.3, 0.4) is 0 Å². The molecule has 0 bridgehead atoms. The van der Waals surface area contributed by atoms with Gasteiger partial charge < -0.3 is 15.4 Å². The van der Waals surface area contributed by atoms with E-state index in [-0.39, 0.29) is 5.91 Å². The molecule has 90 valence electrons. The lowest BCUT2D eigenvalue weighted by Crippen LogP contribution is -2.38. The van der Waals surface area contributed by atoms with E-state index in [0.29, 0.717) is 18.3 Å². The highest BCUT2D eigenvalue weighted by atomic mass is 127. The molecule has 1 amide bonds. The number of halogens is 1. The van der Waals surface area contributed by atoms with Gasteiger partial charge >= 0.3 is 0 Å². The minimum Gasteiger partial charge on any atom is -0.491 e. The Labute approximate surface area is 110 Å². The molecule has 1 saturated heterocycles. The van der Waals surface area contributed by atoms with Gasteiger partial charge in [0.1, 0.15) is 0 Å². The van der Waals surface area contributed by atoms with Crippen LogP contribution in [-0.2, 0) is 9.53 Å². The first kappa shape index (κ1) is 13.5. The number of nitrogens with one attached hydrogen (secondary N) is 2. The van der Waals surface area contributed by atoms with Crippen LogP contribution in [0.1, 0.15) is 12.8 Å². The number of methoxy groups -OCH3 is 1. The number of hydrogen-bond acceptors (Lipinski definition) is 3. The molecular weight excluding hydrogens is 319 g/mol. The van der Waals surface area contributed by atoms with Crippen LogP contribution in [0.2, 0.25) is 0 Å². The summed E-state index contributed by atoms with van der Waals surface area (Å²) < 4.78 is 5.77. The number of rotatable bonds is 5. The minimum absolute atomic E-state index is 0.186. The molecule has 0 aromatic rings. The molecule has 4 nitrogen and oxygen atoms in total. The van der Waals surface area contributed by atoms with E-state index in [1.807, 2.05) is 22.6 Å². The molecule has 1 fully saturated rings. The summed E-state index contributed by atoms with van der Waals surface area (Å²) >= 11 is 2.04. The van der Waals surface area contributed by atoms with Gasteiger partial charge in [-0.2, -0.15) is 0 Å². The van der Waals surface area contributed by atoms with Crippen molar-refractivity contribution in [2.24, 2.45) is 0 Å². The molecule has 16 heavy (non-hydrogen) atoms. The van der Waals surface area contributed by atoms with Gasteiger partial charge in [-0.25, -0.2) is 0 Å². The standard InChI is InChI=1S/C11H17IN2O2/c1-8(12)6-10(16-2)11(15)14-7-9-4-3-5-13-9/h6,9,13H,1,3-5,7H2,2H3,(H,14,15)/b10-6-. The highest BCUT2D eigenvalue weighted by Crippen LogP contribution is 2.09. The molecule has 1 unspecified atom stereocenters. The van der Waals surface area contributed by atoms with Gasteiger partial charge in [-0.15, -0.1) is 0 Å². The van der Waals surface area contributed by atoms with Crippen LogP contribution in [0.15, 0.2) is 22.0 Å². The SMILES string of the molecule is C=C(I)/C=C(\OC)C(=O)NCC1CCCN1. The van der Waals surface area contributed by atoms with Gasteiger partial charge in [0.2, 0.25) is 0 Å². The Morgan fingerprint density at radius 2 is 2.50 bits per heavy atom. The maximum Gasteiger partial charge on any atom is 0.286 e. The van der Waals surface area contributed by atoms with Crippen LogP contribution in [0.4, 0.5) is 0 Å².